The number of hydrogen-bond acceptors (Lipinski definition) is 4. The Bertz CT molecular complexity index is 629. The maximum absolute atomic E-state index is 12.7. The van der Waals surface area contributed by atoms with Crippen LogP contribution >= 0.6 is 23.2 Å². The van der Waals surface area contributed by atoms with E-state index in [1.165, 1.54) is 0 Å². The molecule has 26 heavy (non-hydrogen) atoms. The lowest BCUT2D eigenvalue weighted by Crippen LogP contribution is -2.49. The summed E-state index contributed by atoms with van der Waals surface area (Å²) in [5.74, 6) is 0.436. The molecule has 2 aliphatic rings. The summed E-state index contributed by atoms with van der Waals surface area (Å²) < 4.78 is 11.2. The van der Waals surface area contributed by atoms with Crippen molar-refractivity contribution < 1.29 is 14.3 Å². The van der Waals surface area contributed by atoms with Gasteiger partial charge >= 0.3 is 0 Å². The Morgan fingerprint density at radius 1 is 1.19 bits per heavy atom. The van der Waals surface area contributed by atoms with E-state index in [-0.39, 0.29) is 24.3 Å². The molecule has 2 aliphatic heterocycles. The van der Waals surface area contributed by atoms with E-state index in [0.717, 1.165) is 31.5 Å². The summed E-state index contributed by atoms with van der Waals surface area (Å²) in [7, 11) is 0. The molecule has 2 atom stereocenters. The van der Waals surface area contributed by atoms with Gasteiger partial charge in [-0.05, 0) is 57.5 Å². The summed E-state index contributed by atoms with van der Waals surface area (Å²) in [6.07, 6.45) is 1.91. The van der Waals surface area contributed by atoms with Gasteiger partial charge in [0.2, 0.25) is 5.91 Å². The van der Waals surface area contributed by atoms with Gasteiger partial charge in [-0.1, -0.05) is 29.3 Å². The van der Waals surface area contributed by atoms with Crippen LogP contribution in [0.5, 0.6) is 0 Å². The van der Waals surface area contributed by atoms with Crippen LogP contribution in [0.25, 0.3) is 0 Å². The number of likely N-dealkylation sites (tertiary alicyclic amines) is 1. The standard InChI is InChI=1S/C19H26Cl2N2O3/c1-12(16-4-3-15(20)11-17(16)21)22-18(24)13(2)23-7-5-14(6-8-23)19-25-9-10-26-19/h3-4,11-14,19H,5-10H2,1-2H3,(H,22,24). The fourth-order valence-electron chi connectivity index (χ4n) is 3.66. The first-order chi connectivity index (χ1) is 12.5. The lowest BCUT2D eigenvalue weighted by atomic mass is 9.95. The molecular formula is C19H26Cl2N2O3. The Labute approximate surface area is 164 Å². The first-order valence-electron chi connectivity index (χ1n) is 9.18. The number of benzene rings is 1. The van der Waals surface area contributed by atoms with Crippen LogP contribution in [0.4, 0.5) is 0 Å². The second kappa shape index (κ2) is 8.89. The Balaban J connectivity index is 1.51. The minimum atomic E-state index is -0.185. The van der Waals surface area contributed by atoms with E-state index in [4.69, 9.17) is 32.7 Å². The molecule has 3 rings (SSSR count). The smallest absolute Gasteiger partial charge is 0.237 e. The van der Waals surface area contributed by atoms with Gasteiger partial charge in [-0.25, -0.2) is 0 Å². The maximum Gasteiger partial charge on any atom is 0.237 e. The summed E-state index contributed by atoms with van der Waals surface area (Å²) in [5.41, 5.74) is 0.867. The number of piperidine rings is 1. The number of nitrogens with zero attached hydrogens (tertiary/aromatic N) is 1. The normalized spacial score (nSPS) is 22.3. The average molecular weight is 401 g/mol. The minimum Gasteiger partial charge on any atom is -0.350 e. The molecule has 2 unspecified atom stereocenters. The first kappa shape index (κ1) is 19.9. The van der Waals surface area contributed by atoms with Gasteiger partial charge in [0.15, 0.2) is 6.29 Å². The quantitative estimate of drug-likeness (QED) is 0.819. The highest BCUT2D eigenvalue weighted by Crippen LogP contribution is 2.28. The summed E-state index contributed by atoms with van der Waals surface area (Å²) in [5, 5.41) is 4.21. The third kappa shape index (κ3) is 4.70. The van der Waals surface area contributed by atoms with E-state index in [9.17, 15) is 4.79 Å². The van der Waals surface area contributed by atoms with Crippen molar-refractivity contribution in [2.75, 3.05) is 26.3 Å². The largest absolute Gasteiger partial charge is 0.350 e. The van der Waals surface area contributed by atoms with Crippen molar-refractivity contribution in [3.8, 4) is 0 Å². The topological polar surface area (TPSA) is 50.8 Å². The predicted molar refractivity (Wildman–Crippen MR) is 102 cm³/mol. The molecule has 1 aromatic carbocycles. The third-order valence-corrected chi connectivity index (χ3v) is 5.88. The Hall–Kier alpha value is -0.850. The second-order valence-corrected chi connectivity index (χ2v) is 7.90. The number of nitrogens with one attached hydrogen (secondary N) is 1. The summed E-state index contributed by atoms with van der Waals surface area (Å²) in [6.45, 7) is 7.01. The van der Waals surface area contributed by atoms with Gasteiger partial charge in [0.1, 0.15) is 0 Å². The number of ether oxygens (including phenoxy) is 2. The van der Waals surface area contributed by atoms with Gasteiger partial charge in [0.25, 0.3) is 0 Å². The number of hydrogen-bond donors (Lipinski definition) is 1. The lowest BCUT2D eigenvalue weighted by Gasteiger charge is -2.37. The van der Waals surface area contributed by atoms with E-state index >= 15 is 0 Å². The molecule has 2 heterocycles. The van der Waals surface area contributed by atoms with Crippen molar-refractivity contribution in [1.29, 1.82) is 0 Å². The lowest BCUT2D eigenvalue weighted by molar-refractivity contribution is -0.129. The van der Waals surface area contributed by atoms with Gasteiger partial charge in [-0.15, -0.1) is 0 Å². The van der Waals surface area contributed by atoms with Gasteiger partial charge in [0, 0.05) is 16.0 Å². The van der Waals surface area contributed by atoms with Crippen LogP contribution in [-0.4, -0.2) is 49.4 Å². The van der Waals surface area contributed by atoms with Gasteiger partial charge in [-0.3, -0.25) is 9.69 Å². The molecule has 2 saturated heterocycles. The second-order valence-electron chi connectivity index (χ2n) is 7.06. The highest BCUT2D eigenvalue weighted by Gasteiger charge is 2.33. The average Bonchev–Trinajstić information content (AvgIpc) is 3.15. The summed E-state index contributed by atoms with van der Waals surface area (Å²) in [4.78, 5) is 14.9. The molecule has 1 aromatic rings. The van der Waals surface area contributed by atoms with Crippen LogP contribution in [0.3, 0.4) is 0 Å². The van der Waals surface area contributed by atoms with Crippen LogP contribution in [0.15, 0.2) is 18.2 Å². The maximum atomic E-state index is 12.7. The highest BCUT2D eigenvalue weighted by molar-refractivity contribution is 6.35. The highest BCUT2D eigenvalue weighted by atomic mass is 35.5. The van der Waals surface area contributed by atoms with Crippen LogP contribution in [0, 0.1) is 5.92 Å². The van der Waals surface area contributed by atoms with E-state index in [2.05, 4.69) is 10.2 Å². The Kier molecular flexibility index (Phi) is 6.81. The molecule has 0 saturated carbocycles. The Morgan fingerprint density at radius 3 is 2.46 bits per heavy atom. The molecule has 0 bridgehead atoms. The summed E-state index contributed by atoms with van der Waals surface area (Å²) >= 11 is 12.2. The molecule has 5 nitrogen and oxygen atoms in total. The van der Waals surface area contributed by atoms with Crippen molar-refractivity contribution >= 4 is 29.1 Å². The van der Waals surface area contributed by atoms with E-state index in [1.54, 1.807) is 12.1 Å². The number of amides is 1. The third-order valence-electron chi connectivity index (χ3n) is 5.32. The molecular weight excluding hydrogens is 375 g/mol. The van der Waals surface area contributed by atoms with E-state index < -0.39 is 0 Å². The number of rotatable bonds is 5. The number of halogens is 2. The van der Waals surface area contributed by atoms with Gasteiger partial charge in [0.05, 0.1) is 25.3 Å². The zero-order chi connectivity index (χ0) is 18.7. The molecule has 0 radical (unpaired) electrons. The van der Waals surface area contributed by atoms with E-state index in [0.29, 0.717) is 29.2 Å². The molecule has 144 valence electrons. The fourth-order valence-corrected chi connectivity index (χ4v) is 4.23. The van der Waals surface area contributed by atoms with Crippen molar-refractivity contribution in [2.24, 2.45) is 5.92 Å². The van der Waals surface area contributed by atoms with Crippen LogP contribution in [0.2, 0.25) is 10.0 Å². The molecule has 2 fully saturated rings. The molecule has 1 N–H and O–H groups in total. The van der Waals surface area contributed by atoms with Gasteiger partial charge in [-0.2, -0.15) is 0 Å². The van der Waals surface area contributed by atoms with Crippen LogP contribution in [-0.2, 0) is 14.3 Å². The van der Waals surface area contributed by atoms with Crippen molar-refractivity contribution in [3.05, 3.63) is 33.8 Å². The Morgan fingerprint density at radius 2 is 1.85 bits per heavy atom. The van der Waals surface area contributed by atoms with Crippen molar-refractivity contribution in [2.45, 2.75) is 45.1 Å². The predicted octanol–water partition coefficient (Wildman–Crippen LogP) is 3.64. The van der Waals surface area contributed by atoms with Crippen molar-refractivity contribution in [3.63, 3.8) is 0 Å². The zero-order valence-electron chi connectivity index (χ0n) is 15.2. The molecule has 0 aromatic heterocycles. The van der Waals surface area contributed by atoms with Crippen molar-refractivity contribution in [1.82, 2.24) is 10.2 Å². The monoisotopic (exact) mass is 400 g/mol. The molecule has 0 aliphatic carbocycles. The molecule has 1 amide bonds. The molecule has 7 heteroatoms. The SMILES string of the molecule is CC(NC(=O)C(C)N1CCC(C2OCCO2)CC1)c1ccc(Cl)cc1Cl. The van der Waals surface area contributed by atoms with Gasteiger partial charge < -0.3 is 14.8 Å². The number of carbonyl (C=O) groups excluding carboxylic acids is 1. The fraction of sp³-hybridized carbons (Fsp3) is 0.632. The minimum absolute atomic E-state index is 0.00957. The van der Waals surface area contributed by atoms with E-state index in [1.807, 2.05) is 19.9 Å². The summed E-state index contributed by atoms with van der Waals surface area (Å²) in [6, 6.07) is 4.98. The zero-order valence-corrected chi connectivity index (χ0v) is 16.7. The number of carbonyl (C=O) groups is 1. The van der Waals surface area contributed by atoms with Crippen LogP contribution < -0.4 is 5.32 Å². The first-order valence-corrected chi connectivity index (χ1v) is 9.94. The van der Waals surface area contributed by atoms with Crippen LogP contribution in [0.1, 0.15) is 38.3 Å². The molecule has 0 spiro atoms.